The molecule has 0 aromatic heterocycles. The molecular formula is C14H29NO. The Morgan fingerprint density at radius 3 is 1.94 bits per heavy atom. The summed E-state index contributed by atoms with van der Waals surface area (Å²) in [6.45, 7) is 12.6. The normalized spacial score (nSPS) is 13.8. The van der Waals surface area contributed by atoms with E-state index in [-0.39, 0.29) is 12.0 Å². The van der Waals surface area contributed by atoms with Crippen LogP contribution < -0.4 is 5.32 Å². The lowest BCUT2D eigenvalue weighted by molar-refractivity contribution is -0.124. The van der Waals surface area contributed by atoms with Crippen molar-refractivity contribution in [2.45, 2.75) is 72.9 Å². The Kier molecular flexibility index (Phi) is 7.65. The fraction of sp³-hybridized carbons (Fsp3) is 0.929. The molecule has 0 amide bonds. The second kappa shape index (κ2) is 7.83. The van der Waals surface area contributed by atoms with Gasteiger partial charge in [0.25, 0.3) is 0 Å². The van der Waals surface area contributed by atoms with Crippen molar-refractivity contribution in [1.82, 2.24) is 5.32 Å². The topological polar surface area (TPSA) is 29.1 Å². The SMILES string of the molecule is CC(C)CCC[C@H](NC(C)C)C(=O)C(C)C. The fourth-order valence-electron chi connectivity index (χ4n) is 1.84. The number of hydrogen-bond acceptors (Lipinski definition) is 2. The van der Waals surface area contributed by atoms with Crippen LogP contribution in [0.1, 0.15) is 60.8 Å². The van der Waals surface area contributed by atoms with Gasteiger partial charge in [0.05, 0.1) is 6.04 Å². The molecule has 0 bridgehead atoms. The predicted octanol–water partition coefficient (Wildman–Crippen LogP) is 3.40. The van der Waals surface area contributed by atoms with Crippen LogP contribution in [-0.4, -0.2) is 17.9 Å². The molecule has 96 valence electrons. The van der Waals surface area contributed by atoms with Gasteiger partial charge < -0.3 is 5.32 Å². The Morgan fingerprint density at radius 1 is 1.00 bits per heavy atom. The van der Waals surface area contributed by atoms with Crippen molar-refractivity contribution in [2.24, 2.45) is 11.8 Å². The van der Waals surface area contributed by atoms with Crippen LogP contribution in [-0.2, 0) is 4.79 Å². The molecule has 2 heteroatoms. The number of carbonyl (C=O) groups is 1. The molecular weight excluding hydrogens is 198 g/mol. The van der Waals surface area contributed by atoms with E-state index in [9.17, 15) is 4.79 Å². The van der Waals surface area contributed by atoms with Crippen LogP contribution in [0.3, 0.4) is 0 Å². The number of ketones is 1. The van der Waals surface area contributed by atoms with E-state index in [4.69, 9.17) is 0 Å². The summed E-state index contributed by atoms with van der Waals surface area (Å²) in [4.78, 5) is 12.0. The number of nitrogens with one attached hydrogen (secondary N) is 1. The molecule has 2 nitrogen and oxygen atoms in total. The summed E-state index contributed by atoms with van der Waals surface area (Å²) in [6, 6.07) is 0.436. The van der Waals surface area contributed by atoms with E-state index in [1.807, 2.05) is 13.8 Å². The highest BCUT2D eigenvalue weighted by molar-refractivity contribution is 5.85. The second-order valence-electron chi connectivity index (χ2n) is 5.76. The van der Waals surface area contributed by atoms with Gasteiger partial charge in [0.15, 0.2) is 5.78 Å². The van der Waals surface area contributed by atoms with Gasteiger partial charge in [-0.25, -0.2) is 0 Å². The lowest BCUT2D eigenvalue weighted by Crippen LogP contribution is -2.42. The molecule has 0 aliphatic rings. The van der Waals surface area contributed by atoms with E-state index < -0.39 is 0 Å². The molecule has 0 unspecified atom stereocenters. The molecule has 0 spiro atoms. The second-order valence-corrected chi connectivity index (χ2v) is 5.76. The minimum absolute atomic E-state index is 0.0544. The number of hydrogen-bond donors (Lipinski definition) is 1. The highest BCUT2D eigenvalue weighted by Crippen LogP contribution is 2.12. The lowest BCUT2D eigenvalue weighted by Gasteiger charge is -2.22. The minimum Gasteiger partial charge on any atom is -0.305 e. The molecule has 0 aromatic rings. The summed E-state index contributed by atoms with van der Waals surface area (Å²) in [5.41, 5.74) is 0. The minimum atomic E-state index is 0.0544. The third-order valence-electron chi connectivity index (χ3n) is 2.72. The van der Waals surface area contributed by atoms with E-state index in [0.29, 0.717) is 11.8 Å². The van der Waals surface area contributed by atoms with E-state index in [0.717, 1.165) is 18.8 Å². The average Bonchev–Trinajstić information content (AvgIpc) is 2.13. The molecule has 0 fully saturated rings. The molecule has 0 heterocycles. The zero-order chi connectivity index (χ0) is 12.7. The van der Waals surface area contributed by atoms with Crippen LogP contribution in [0.2, 0.25) is 0 Å². The number of carbonyl (C=O) groups excluding carboxylic acids is 1. The summed E-state index contributed by atoms with van der Waals surface area (Å²) in [5, 5.41) is 3.39. The maximum Gasteiger partial charge on any atom is 0.152 e. The van der Waals surface area contributed by atoms with Gasteiger partial charge in [-0.3, -0.25) is 4.79 Å². The standard InChI is InChI=1S/C14H29NO/c1-10(2)8-7-9-13(15-12(5)6)14(16)11(3)4/h10-13,15H,7-9H2,1-6H3/t13-/m0/s1. The predicted molar refractivity (Wildman–Crippen MR) is 70.6 cm³/mol. The molecule has 0 aliphatic heterocycles. The zero-order valence-corrected chi connectivity index (χ0v) is 11.8. The van der Waals surface area contributed by atoms with Crippen molar-refractivity contribution in [3.63, 3.8) is 0 Å². The van der Waals surface area contributed by atoms with E-state index in [1.165, 1.54) is 6.42 Å². The number of Topliss-reactive ketones (excluding diaryl/α,β-unsaturated/α-hetero) is 1. The zero-order valence-electron chi connectivity index (χ0n) is 11.8. The smallest absolute Gasteiger partial charge is 0.152 e. The third kappa shape index (κ3) is 7.00. The van der Waals surface area contributed by atoms with Gasteiger partial charge >= 0.3 is 0 Å². The largest absolute Gasteiger partial charge is 0.305 e. The van der Waals surface area contributed by atoms with Crippen molar-refractivity contribution in [3.05, 3.63) is 0 Å². The molecule has 0 aromatic carbocycles. The Morgan fingerprint density at radius 2 is 1.56 bits per heavy atom. The lowest BCUT2D eigenvalue weighted by atomic mass is 9.95. The van der Waals surface area contributed by atoms with Crippen LogP contribution in [0.15, 0.2) is 0 Å². The fourth-order valence-corrected chi connectivity index (χ4v) is 1.84. The quantitative estimate of drug-likeness (QED) is 0.688. The summed E-state index contributed by atoms with van der Waals surface area (Å²) >= 11 is 0. The number of rotatable bonds is 8. The first-order valence-electron chi connectivity index (χ1n) is 6.64. The molecule has 0 saturated heterocycles. The van der Waals surface area contributed by atoms with E-state index in [2.05, 4.69) is 33.0 Å². The van der Waals surface area contributed by atoms with Crippen molar-refractivity contribution in [2.75, 3.05) is 0 Å². The molecule has 0 aliphatic carbocycles. The molecule has 1 atom stereocenters. The molecule has 0 rings (SSSR count). The van der Waals surface area contributed by atoms with Gasteiger partial charge in [-0.15, -0.1) is 0 Å². The van der Waals surface area contributed by atoms with Crippen molar-refractivity contribution in [1.29, 1.82) is 0 Å². The van der Waals surface area contributed by atoms with Crippen molar-refractivity contribution < 1.29 is 4.79 Å². The molecule has 16 heavy (non-hydrogen) atoms. The Labute approximate surface area is 101 Å². The summed E-state index contributed by atoms with van der Waals surface area (Å²) in [5.74, 6) is 1.22. The first-order valence-corrected chi connectivity index (χ1v) is 6.64. The Bertz CT molecular complexity index is 197. The van der Waals surface area contributed by atoms with Crippen LogP contribution in [0.25, 0.3) is 0 Å². The van der Waals surface area contributed by atoms with Crippen LogP contribution in [0.4, 0.5) is 0 Å². The molecule has 0 radical (unpaired) electrons. The molecule has 0 saturated carbocycles. The van der Waals surface area contributed by atoms with Gasteiger partial charge in [-0.05, 0) is 12.3 Å². The summed E-state index contributed by atoms with van der Waals surface area (Å²) < 4.78 is 0. The molecule has 1 N–H and O–H groups in total. The van der Waals surface area contributed by atoms with Gasteiger partial charge in [-0.1, -0.05) is 54.4 Å². The van der Waals surface area contributed by atoms with Gasteiger partial charge in [0, 0.05) is 12.0 Å². The first-order chi connectivity index (χ1) is 7.34. The maximum atomic E-state index is 12.0. The Hall–Kier alpha value is -0.370. The van der Waals surface area contributed by atoms with Gasteiger partial charge in [-0.2, -0.15) is 0 Å². The van der Waals surface area contributed by atoms with Crippen molar-refractivity contribution >= 4 is 5.78 Å². The first kappa shape index (κ1) is 15.6. The third-order valence-corrected chi connectivity index (χ3v) is 2.72. The maximum absolute atomic E-state index is 12.0. The van der Waals surface area contributed by atoms with E-state index in [1.54, 1.807) is 0 Å². The van der Waals surface area contributed by atoms with E-state index >= 15 is 0 Å². The highest BCUT2D eigenvalue weighted by atomic mass is 16.1. The Balaban J connectivity index is 4.15. The highest BCUT2D eigenvalue weighted by Gasteiger charge is 2.21. The van der Waals surface area contributed by atoms with Crippen molar-refractivity contribution in [3.8, 4) is 0 Å². The summed E-state index contributed by atoms with van der Waals surface area (Å²) in [7, 11) is 0. The van der Waals surface area contributed by atoms with Gasteiger partial charge in [0.1, 0.15) is 0 Å². The monoisotopic (exact) mass is 227 g/mol. The van der Waals surface area contributed by atoms with Crippen LogP contribution in [0.5, 0.6) is 0 Å². The average molecular weight is 227 g/mol. The van der Waals surface area contributed by atoms with Crippen LogP contribution >= 0.6 is 0 Å². The van der Waals surface area contributed by atoms with Crippen LogP contribution in [0, 0.1) is 11.8 Å². The summed E-state index contributed by atoms with van der Waals surface area (Å²) in [6.07, 6.45) is 3.33. The van der Waals surface area contributed by atoms with Gasteiger partial charge in [0.2, 0.25) is 0 Å².